The molecule has 5 rings (SSSR count). The van der Waals surface area contributed by atoms with Crippen molar-refractivity contribution in [2.75, 3.05) is 23.7 Å². The van der Waals surface area contributed by atoms with E-state index in [1.807, 2.05) is 4.57 Å². The summed E-state index contributed by atoms with van der Waals surface area (Å²) in [6.45, 7) is 0.833. The van der Waals surface area contributed by atoms with Crippen molar-refractivity contribution in [3.05, 3.63) is 34.2 Å². The summed E-state index contributed by atoms with van der Waals surface area (Å²) in [7, 11) is 0. The van der Waals surface area contributed by atoms with Gasteiger partial charge in [-0.1, -0.05) is 23.2 Å². The monoisotopic (exact) mass is 564 g/mol. The number of halogens is 3. The van der Waals surface area contributed by atoms with Crippen LogP contribution in [0, 0.1) is 11.7 Å². The number of piperidine rings is 1. The van der Waals surface area contributed by atoms with Crippen molar-refractivity contribution in [1.29, 1.82) is 0 Å². The molecule has 3 heterocycles. The minimum atomic E-state index is -0.952. The first kappa shape index (κ1) is 26.2. The lowest BCUT2D eigenvalue weighted by Crippen LogP contribution is -2.44. The van der Waals surface area contributed by atoms with Crippen LogP contribution in [-0.4, -0.2) is 60.7 Å². The van der Waals surface area contributed by atoms with Gasteiger partial charge in [-0.2, -0.15) is 4.98 Å². The zero-order valence-corrected chi connectivity index (χ0v) is 21.8. The summed E-state index contributed by atoms with van der Waals surface area (Å²) in [5.74, 6) is -0.299. The van der Waals surface area contributed by atoms with Gasteiger partial charge in [0, 0.05) is 31.1 Å². The molecule has 2 amide bonds. The molecular weight excluding hydrogens is 538 g/mol. The second-order valence-electron chi connectivity index (χ2n) is 9.70. The smallest absolute Gasteiger partial charge is 0.407 e. The summed E-state index contributed by atoms with van der Waals surface area (Å²) in [5, 5.41) is 16.0. The second kappa shape index (κ2) is 10.8. The van der Waals surface area contributed by atoms with Gasteiger partial charge in [-0.15, -0.1) is 0 Å². The Balaban J connectivity index is 1.50. The molecule has 0 spiro atoms. The fraction of sp³-hybridized carbons (Fsp3) is 0.458. The fourth-order valence-electron chi connectivity index (χ4n) is 5.24. The van der Waals surface area contributed by atoms with Crippen molar-refractivity contribution in [3.63, 3.8) is 0 Å². The number of hydrogen-bond donors (Lipinski definition) is 4. The van der Waals surface area contributed by atoms with Crippen LogP contribution in [0.1, 0.15) is 44.6 Å². The van der Waals surface area contributed by atoms with Gasteiger partial charge in [0.1, 0.15) is 11.3 Å². The number of likely N-dealkylation sites (tertiary alicyclic amines) is 1. The third kappa shape index (κ3) is 5.41. The Morgan fingerprint density at radius 2 is 1.82 bits per heavy atom. The van der Waals surface area contributed by atoms with E-state index >= 15 is 0 Å². The molecule has 2 fully saturated rings. The molecule has 38 heavy (non-hydrogen) atoms. The van der Waals surface area contributed by atoms with Crippen molar-refractivity contribution in [2.24, 2.45) is 11.7 Å². The first-order valence-corrected chi connectivity index (χ1v) is 13.2. The minimum absolute atomic E-state index is 0.0592. The van der Waals surface area contributed by atoms with E-state index in [-0.39, 0.29) is 34.0 Å². The van der Waals surface area contributed by atoms with Gasteiger partial charge >= 0.3 is 6.09 Å². The molecule has 1 unspecified atom stereocenters. The maximum absolute atomic E-state index is 13.8. The van der Waals surface area contributed by atoms with Crippen LogP contribution in [0.2, 0.25) is 10.0 Å². The number of nitrogens with one attached hydrogen (secondary N) is 2. The number of nitrogens with zero attached hydrogens (tertiary/aromatic N) is 5. The average molecular weight is 565 g/mol. The zero-order chi connectivity index (χ0) is 27.0. The van der Waals surface area contributed by atoms with E-state index in [4.69, 9.17) is 33.9 Å². The quantitative estimate of drug-likeness (QED) is 0.333. The molecule has 2 aliphatic rings. The number of hydrogen-bond acceptors (Lipinski definition) is 7. The topological polar surface area (TPSA) is 151 Å². The molecule has 1 saturated carbocycles. The number of rotatable bonds is 6. The summed E-state index contributed by atoms with van der Waals surface area (Å²) in [6.07, 6.45) is 4.75. The van der Waals surface area contributed by atoms with E-state index in [2.05, 4.69) is 20.6 Å². The Morgan fingerprint density at radius 3 is 2.47 bits per heavy atom. The number of carbonyl (C=O) groups is 2. The van der Waals surface area contributed by atoms with E-state index < -0.39 is 11.9 Å². The molecule has 1 atom stereocenters. The largest absolute Gasteiger partial charge is 0.465 e. The summed E-state index contributed by atoms with van der Waals surface area (Å²) in [6, 6.07) is 2.13. The summed E-state index contributed by atoms with van der Waals surface area (Å²) in [5.41, 5.74) is 6.91. The Hall–Kier alpha value is -3.38. The molecule has 5 N–H and O–H groups in total. The van der Waals surface area contributed by atoms with Crippen LogP contribution in [0.4, 0.5) is 26.8 Å². The van der Waals surface area contributed by atoms with Crippen molar-refractivity contribution in [2.45, 2.75) is 50.6 Å². The Labute approximate surface area is 227 Å². The number of amides is 2. The Bertz CT molecular complexity index is 1360. The lowest BCUT2D eigenvalue weighted by Gasteiger charge is -2.31. The number of carbonyl (C=O) groups excluding carboxylic acids is 1. The summed E-state index contributed by atoms with van der Waals surface area (Å²) < 4.78 is 15.7. The SMILES string of the molecule is NC(=O)[C@H]1CC[C@H](n2c(Nc3c(Cl)cc(F)cc3Cl)nc3cnc(NC4CCCN(C(=O)O)C4)nc32)CC1. The molecule has 1 aromatic carbocycles. The molecule has 202 valence electrons. The van der Waals surface area contributed by atoms with Crippen LogP contribution in [0.25, 0.3) is 11.2 Å². The second-order valence-corrected chi connectivity index (χ2v) is 10.5. The molecule has 0 bridgehead atoms. The molecule has 2 aromatic heterocycles. The molecule has 11 nitrogen and oxygen atoms in total. The molecule has 1 saturated heterocycles. The van der Waals surface area contributed by atoms with Gasteiger partial charge in [-0.05, 0) is 50.7 Å². The van der Waals surface area contributed by atoms with Crippen LogP contribution in [0.5, 0.6) is 0 Å². The van der Waals surface area contributed by atoms with Crippen molar-refractivity contribution in [3.8, 4) is 0 Å². The Morgan fingerprint density at radius 1 is 1.11 bits per heavy atom. The summed E-state index contributed by atoms with van der Waals surface area (Å²) in [4.78, 5) is 38.3. The van der Waals surface area contributed by atoms with Gasteiger partial charge < -0.3 is 26.4 Å². The fourth-order valence-corrected chi connectivity index (χ4v) is 5.79. The zero-order valence-electron chi connectivity index (χ0n) is 20.3. The number of anilines is 3. The van der Waals surface area contributed by atoms with Crippen LogP contribution in [0.3, 0.4) is 0 Å². The molecular formula is C24H27Cl2FN8O3. The number of benzene rings is 1. The maximum atomic E-state index is 13.8. The van der Waals surface area contributed by atoms with Gasteiger partial charge in [0.15, 0.2) is 5.65 Å². The molecule has 3 aromatic rings. The number of carboxylic acid groups (broad SMARTS) is 1. The molecule has 1 aliphatic heterocycles. The first-order chi connectivity index (χ1) is 18.2. The lowest BCUT2D eigenvalue weighted by molar-refractivity contribution is -0.122. The number of aromatic nitrogens is 4. The lowest BCUT2D eigenvalue weighted by atomic mass is 9.85. The normalized spacial score (nSPS) is 21.9. The van der Waals surface area contributed by atoms with Gasteiger partial charge in [-0.25, -0.2) is 19.2 Å². The highest BCUT2D eigenvalue weighted by Crippen LogP contribution is 2.39. The minimum Gasteiger partial charge on any atom is -0.465 e. The molecule has 1 aliphatic carbocycles. The predicted octanol–water partition coefficient (Wildman–Crippen LogP) is 4.79. The summed E-state index contributed by atoms with van der Waals surface area (Å²) >= 11 is 12.6. The molecule has 0 radical (unpaired) electrons. The van der Waals surface area contributed by atoms with Crippen molar-refractivity contribution in [1.82, 2.24) is 24.4 Å². The highest BCUT2D eigenvalue weighted by atomic mass is 35.5. The number of primary amides is 1. The van der Waals surface area contributed by atoms with E-state index in [0.717, 1.165) is 25.0 Å². The van der Waals surface area contributed by atoms with Crippen LogP contribution < -0.4 is 16.4 Å². The third-order valence-corrected chi connectivity index (χ3v) is 7.76. The van der Waals surface area contributed by atoms with Gasteiger partial charge in [0.05, 0.1) is 21.9 Å². The average Bonchev–Trinajstić information content (AvgIpc) is 3.23. The van der Waals surface area contributed by atoms with Crippen LogP contribution in [0.15, 0.2) is 18.3 Å². The number of imidazole rings is 1. The number of fused-ring (bicyclic) bond motifs is 1. The predicted molar refractivity (Wildman–Crippen MR) is 141 cm³/mol. The number of nitrogens with two attached hydrogens (primary N) is 1. The van der Waals surface area contributed by atoms with Gasteiger partial charge in [0.25, 0.3) is 0 Å². The van der Waals surface area contributed by atoms with E-state index in [0.29, 0.717) is 67.5 Å². The van der Waals surface area contributed by atoms with Crippen LogP contribution in [-0.2, 0) is 4.79 Å². The van der Waals surface area contributed by atoms with E-state index in [1.165, 1.54) is 4.90 Å². The first-order valence-electron chi connectivity index (χ1n) is 12.4. The van der Waals surface area contributed by atoms with Gasteiger partial charge in [-0.3, -0.25) is 9.36 Å². The Kier molecular flexibility index (Phi) is 7.44. The van der Waals surface area contributed by atoms with Crippen molar-refractivity contribution >= 4 is 64.0 Å². The van der Waals surface area contributed by atoms with E-state index in [1.54, 1.807) is 6.20 Å². The highest BCUT2D eigenvalue weighted by molar-refractivity contribution is 6.39. The third-order valence-electron chi connectivity index (χ3n) is 7.17. The van der Waals surface area contributed by atoms with Crippen molar-refractivity contribution < 1.29 is 19.1 Å². The molecule has 14 heteroatoms. The van der Waals surface area contributed by atoms with Gasteiger partial charge in [0.2, 0.25) is 17.8 Å². The maximum Gasteiger partial charge on any atom is 0.407 e. The van der Waals surface area contributed by atoms with Crippen LogP contribution >= 0.6 is 23.2 Å². The highest BCUT2D eigenvalue weighted by Gasteiger charge is 2.30. The van der Waals surface area contributed by atoms with E-state index in [9.17, 15) is 19.1 Å². The standard InChI is InChI=1S/C24H27Cl2FN8O3/c25-16-8-13(27)9-17(26)19(16)32-23-31-18-10-29-22(30-14-2-1-7-34(11-14)24(37)38)33-21(18)35(23)15-5-3-12(4-6-15)20(28)36/h8-10,12,14-15H,1-7,11H2,(H2,28,36)(H,31,32)(H,37,38)(H,29,30,33)/t12-,14?,15-.